The fraction of sp³-hybridized carbons (Fsp3) is 0.857. The van der Waals surface area contributed by atoms with Gasteiger partial charge in [-0.05, 0) is 54.4 Å². The molecule has 0 unspecified atom stereocenters. The lowest BCUT2D eigenvalue weighted by Crippen LogP contribution is -2.46. The molecule has 31 heavy (non-hydrogen) atoms. The van der Waals surface area contributed by atoms with Crippen LogP contribution >= 0.6 is 0 Å². The zero-order chi connectivity index (χ0) is 23.0. The summed E-state index contributed by atoms with van der Waals surface area (Å²) in [6.07, 6.45) is 8.29. The van der Waals surface area contributed by atoms with E-state index < -0.39 is 17.6 Å². The molecule has 1 aromatic rings. The Morgan fingerprint density at radius 2 is 1.06 bits per heavy atom. The van der Waals surface area contributed by atoms with E-state index in [4.69, 9.17) is 26.6 Å². The van der Waals surface area contributed by atoms with E-state index in [9.17, 15) is 0 Å². The van der Waals surface area contributed by atoms with Crippen LogP contribution in [0, 0.1) is 0 Å². The van der Waals surface area contributed by atoms with Crippen LogP contribution in [0.25, 0.3) is 0 Å². The van der Waals surface area contributed by atoms with Crippen LogP contribution in [0.5, 0.6) is 0 Å². The van der Waals surface area contributed by atoms with Gasteiger partial charge in [-0.3, -0.25) is 0 Å². The summed E-state index contributed by atoms with van der Waals surface area (Å²) < 4.78 is 40.1. The molecule has 0 spiro atoms. The Hall–Kier alpha value is -0.596. The molecule has 0 aliphatic carbocycles. The molecule has 0 aliphatic rings. The van der Waals surface area contributed by atoms with Crippen LogP contribution in [0.4, 0.5) is 0 Å². The monoisotopic (exact) mass is 477 g/mol. The third-order valence-electron chi connectivity index (χ3n) is 4.73. The predicted molar refractivity (Wildman–Crippen MR) is 125 cm³/mol. The van der Waals surface area contributed by atoms with E-state index >= 15 is 0 Å². The summed E-state index contributed by atoms with van der Waals surface area (Å²) in [5, 5.41) is 0. The number of hydrogen-bond acceptors (Lipinski definition) is 6. The molecule has 0 amide bonds. The molecule has 0 saturated heterocycles. The quantitative estimate of drug-likeness (QED) is 0.211. The molecular formula is C21H45N2O6Si2+. The van der Waals surface area contributed by atoms with Gasteiger partial charge in [0.25, 0.3) is 0 Å². The number of aryl methyl sites for hydroxylation is 2. The van der Waals surface area contributed by atoms with Crippen LogP contribution in [0.1, 0.15) is 54.4 Å². The van der Waals surface area contributed by atoms with Crippen LogP contribution in [-0.2, 0) is 39.6 Å². The molecule has 1 aromatic heterocycles. The average molecular weight is 478 g/mol. The van der Waals surface area contributed by atoms with E-state index in [0.29, 0.717) is 39.6 Å². The van der Waals surface area contributed by atoms with Gasteiger partial charge in [0.1, 0.15) is 12.4 Å². The molecule has 0 fully saturated rings. The van der Waals surface area contributed by atoms with Crippen molar-refractivity contribution in [1.82, 2.24) is 4.57 Å². The Morgan fingerprint density at radius 1 is 0.645 bits per heavy atom. The molecule has 0 atom stereocenters. The number of rotatable bonds is 20. The maximum absolute atomic E-state index is 5.95. The molecule has 0 N–H and O–H groups in total. The van der Waals surface area contributed by atoms with Crippen molar-refractivity contribution in [3.8, 4) is 0 Å². The SMILES string of the molecule is CCO[Si](CCCn1cc[n+](CCC[Si](OCC)(OCC)OCC)c1)(OCC)OCC. The van der Waals surface area contributed by atoms with E-state index in [-0.39, 0.29) is 0 Å². The van der Waals surface area contributed by atoms with E-state index in [1.54, 1.807) is 0 Å². The van der Waals surface area contributed by atoms with Gasteiger partial charge in [0.2, 0.25) is 6.33 Å². The number of imidazole rings is 1. The molecule has 10 heteroatoms. The fourth-order valence-corrected chi connectivity index (χ4v) is 8.85. The van der Waals surface area contributed by atoms with Crippen LogP contribution in [-0.4, -0.2) is 61.8 Å². The summed E-state index contributed by atoms with van der Waals surface area (Å²) >= 11 is 0. The van der Waals surface area contributed by atoms with Gasteiger partial charge < -0.3 is 26.6 Å². The van der Waals surface area contributed by atoms with Crippen molar-refractivity contribution in [2.75, 3.05) is 39.6 Å². The minimum Gasteiger partial charge on any atom is -0.374 e. The molecule has 0 aliphatic heterocycles. The topological polar surface area (TPSA) is 64.2 Å². The standard InChI is InChI=1S/C21H45N2O6Si2/c1-7-24-30(25-8-2,26-9-3)19-13-15-22-17-18-23(21-22)16-14-20-31(27-10-4,28-11-5)29-12-6/h17-18,21H,7-16,19-20H2,1-6H3/q+1. The van der Waals surface area contributed by atoms with E-state index in [0.717, 1.165) is 38.0 Å². The van der Waals surface area contributed by atoms with Gasteiger partial charge in [-0.2, -0.15) is 0 Å². The predicted octanol–water partition coefficient (Wildman–Crippen LogP) is 3.65. The van der Waals surface area contributed by atoms with Crippen LogP contribution in [0.2, 0.25) is 12.1 Å². The second kappa shape index (κ2) is 16.1. The zero-order valence-corrected chi connectivity index (χ0v) is 22.6. The molecule has 1 heterocycles. The molecular weight excluding hydrogens is 432 g/mol. The van der Waals surface area contributed by atoms with Crippen molar-refractivity contribution in [1.29, 1.82) is 0 Å². The van der Waals surface area contributed by atoms with Gasteiger partial charge in [-0.15, -0.1) is 0 Å². The maximum atomic E-state index is 5.95. The zero-order valence-electron chi connectivity index (χ0n) is 20.6. The van der Waals surface area contributed by atoms with Crippen molar-refractivity contribution >= 4 is 17.6 Å². The van der Waals surface area contributed by atoms with E-state index in [2.05, 4.69) is 27.9 Å². The molecule has 0 aromatic carbocycles. The number of hydrogen-bond donors (Lipinski definition) is 0. The first-order chi connectivity index (χ1) is 15.0. The molecule has 0 saturated carbocycles. The first kappa shape index (κ1) is 28.4. The van der Waals surface area contributed by atoms with Crippen molar-refractivity contribution in [3.63, 3.8) is 0 Å². The third kappa shape index (κ3) is 10.3. The number of aromatic nitrogens is 2. The summed E-state index contributed by atoms with van der Waals surface area (Å²) in [5.74, 6) is 0. The highest BCUT2D eigenvalue weighted by atomic mass is 28.4. The van der Waals surface area contributed by atoms with Crippen LogP contribution in [0.3, 0.4) is 0 Å². The maximum Gasteiger partial charge on any atom is 0.501 e. The van der Waals surface area contributed by atoms with Crippen LogP contribution < -0.4 is 4.57 Å². The second-order valence-electron chi connectivity index (χ2n) is 7.06. The average Bonchev–Trinajstić information content (AvgIpc) is 3.17. The Morgan fingerprint density at radius 3 is 1.48 bits per heavy atom. The molecule has 0 radical (unpaired) electrons. The van der Waals surface area contributed by atoms with Gasteiger partial charge in [0, 0.05) is 51.7 Å². The Balaban J connectivity index is 2.55. The molecule has 182 valence electrons. The van der Waals surface area contributed by atoms with Gasteiger partial charge in [0.05, 0.1) is 13.1 Å². The van der Waals surface area contributed by atoms with Crippen molar-refractivity contribution < 1.29 is 31.1 Å². The molecule has 1 rings (SSSR count). The normalized spacial score (nSPS) is 12.6. The lowest BCUT2D eigenvalue weighted by Gasteiger charge is -2.28. The summed E-state index contributed by atoms with van der Waals surface area (Å²) in [6, 6.07) is 1.65. The summed E-state index contributed by atoms with van der Waals surface area (Å²) in [7, 11) is -5.13. The Kier molecular flexibility index (Phi) is 14.8. The fourth-order valence-electron chi connectivity index (χ4n) is 3.66. The minimum absolute atomic E-state index is 0.617. The minimum atomic E-state index is -2.57. The Labute approximate surface area is 191 Å². The largest absolute Gasteiger partial charge is 0.501 e. The van der Waals surface area contributed by atoms with Gasteiger partial charge >= 0.3 is 17.6 Å². The highest BCUT2D eigenvalue weighted by Gasteiger charge is 2.40. The summed E-state index contributed by atoms with van der Waals surface area (Å²) in [6.45, 7) is 17.5. The van der Waals surface area contributed by atoms with E-state index in [1.165, 1.54) is 0 Å². The summed E-state index contributed by atoms with van der Waals surface area (Å²) in [5.41, 5.74) is 0. The van der Waals surface area contributed by atoms with Gasteiger partial charge in [-0.25, -0.2) is 9.13 Å². The van der Waals surface area contributed by atoms with Crippen molar-refractivity contribution in [2.24, 2.45) is 0 Å². The molecule has 0 bridgehead atoms. The lowest BCUT2D eigenvalue weighted by atomic mass is 10.5. The second-order valence-corrected chi connectivity index (χ2v) is 12.5. The lowest BCUT2D eigenvalue weighted by molar-refractivity contribution is -0.696. The summed E-state index contributed by atoms with van der Waals surface area (Å²) in [4.78, 5) is 0. The van der Waals surface area contributed by atoms with Crippen LogP contribution in [0.15, 0.2) is 18.7 Å². The highest BCUT2D eigenvalue weighted by Crippen LogP contribution is 2.19. The number of nitrogens with zero attached hydrogens (tertiary/aromatic N) is 2. The highest BCUT2D eigenvalue weighted by molar-refractivity contribution is 6.61. The van der Waals surface area contributed by atoms with Gasteiger partial charge in [-0.1, -0.05) is 0 Å². The third-order valence-corrected chi connectivity index (χ3v) is 11.0. The molecule has 8 nitrogen and oxygen atoms in total. The first-order valence-corrected chi connectivity index (χ1v) is 15.8. The van der Waals surface area contributed by atoms with Crippen molar-refractivity contribution in [3.05, 3.63) is 18.7 Å². The first-order valence-electron chi connectivity index (χ1n) is 11.9. The van der Waals surface area contributed by atoms with Crippen molar-refractivity contribution in [2.45, 2.75) is 79.6 Å². The van der Waals surface area contributed by atoms with E-state index in [1.807, 2.05) is 41.5 Å². The Bertz CT molecular complexity index is 495. The van der Waals surface area contributed by atoms with Gasteiger partial charge in [0.15, 0.2) is 0 Å². The smallest absolute Gasteiger partial charge is 0.374 e.